The normalized spacial score (nSPS) is 13.0. The first-order valence-electron chi connectivity index (χ1n) is 7.47. The fourth-order valence-corrected chi connectivity index (χ4v) is 1.96. The van der Waals surface area contributed by atoms with Crippen LogP contribution in [0.2, 0.25) is 0 Å². The number of benzene rings is 1. The minimum absolute atomic E-state index is 0.0296. The highest BCUT2D eigenvalue weighted by Crippen LogP contribution is 2.23. The zero-order chi connectivity index (χ0) is 17.6. The number of nitriles is 1. The van der Waals surface area contributed by atoms with Crippen LogP contribution < -0.4 is 10.6 Å². The van der Waals surface area contributed by atoms with E-state index in [0.29, 0.717) is 17.7 Å². The maximum atomic E-state index is 12.0. The Kier molecular flexibility index (Phi) is 6.08. The molecule has 23 heavy (non-hydrogen) atoms. The number of anilines is 1. The van der Waals surface area contributed by atoms with Gasteiger partial charge in [0.1, 0.15) is 5.54 Å². The van der Waals surface area contributed by atoms with E-state index in [9.17, 15) is 20.2 Å². The summed E-state index contributed by atoms with van der Waals surface area (Å²) in [6.07, 6.45) is 0.562. The molecule has 0 aromatic heterocycles. The summed E-state index contributed by atoms with van der Waals surface area (Å²) in [5.41, 5.74) is 0.215. The largest absolute Gasteiger partial charge is 0.376 e. The molecule has 1 amide bonds. The summed E-state index contributed by atoms with van der Waals surface area (Å²) in [6.45, 7) is 7.15. The molecule has 0 heterocycles. The predicted octanol–water partition coefficient (Wildman–Crippen LogP) is 2.62. The van der Waals surface area contributed by atoms with Crippen molar-refractivity contribution in [3.05, 3.63) is 33.9 Å². The van der Waals surface area contributed by atoms with E-state index < -0.39 is 10.5 Å². The van der Waals surface area contributed by atoms with Gasteiger partial charge in [0.2, 0.25) is 5.91 Å². The number of carbonyl (C=O) groups is 1. The monoisotopic (exact) mass is 318 g/mol. The molecule has 2 N–H and O–H groups in total. The van der Waals surface area contributed by atoms with Crippen molar-refractivity contribution in [1.82, 2.24) is 5.32 Å². The summed E-state index contributed by atoms with van der Waals surface area (Å²) < 4.78 is 0. The van der Waals surface area contributed by atoms with Gasteiger partial charge in [-0.15, -0.1) is 0 Å². The quantitative estimate of drug-likeness (QED) is 0.593. The average molecular weight is 318 g/mol. The van der Waals surface area contributed by atoms with Gasteiger partial charge in [-0.05, 0) is 25.3 Å². The molecule has 1 aromatic carbocycles. The lowest BCUT2D eigenvalue weighted by Crippen LogP contribution is -2.50. The van der Waals surface area contributed by atoms with Gasteiger partial charge in [-0.3, -0.25) is 14.9 Å². The van der Waals surface area contributed by atoms with Gasteiger partial charge in [0.05, 0.1) is 17.5 Å². The van der Waals surface area contributed by atoms with Crippen LogP contribution in [-0.2, 0) is 11.2 Å². The second kappa shape index (κ2) is 7.58. The van der Waals surface area contributed by atoms with E-state index in [1.165, 1.54) is 6.07 Å². The van der Waals surface area contributed by atoms with E-state index in [1.807, 2.05) is 20.8 Å². The number of nitro groups is 1. The number of rotatable bonds is 7. The van der Waals surface area contributed by atoms with Crippen molar-refractivity contribution < 1.29 is 9.72 Å². The Morgan fingerprint density at radius 2 is 2.13 bits per heavy atom. The van der Waals surface area contributed by atoms with Crippen LogP contribution in [0.5, 0.6) is 0 Å². The van der Waals surface area contributed by atoms with Crippen molar-refractivity contribution in [2.75, 3.05) is 11.9 Å². The van der Waals surface area contributed by atoms with Crippen LogP contribution in [0.1, 0.15) is 33.3 Å². The highest BCUT2D eigenvalue weighted by molar-refractivity contribution is 5.82. The molecular weight excluding hydrogens is 296 g/mol. The summed E-state index contributed by atoms with van der Waals surface area (Å²) in [7, 11) is 0. The number of hydrogen-bond acceptors (Lipinski definition) is 5. The molecule has 0 aliphatic rings. The van der Waals surface area contributed by atoms with E-state index in [1.54, 1.807) is 19.1 Å². The molecule has 124 valence electrons. The fraction of sp³-hybridized carbons (Fsp3) is 0.500. The van der Waals surface area contributed by atoms with Crippen molar-refractivity contribution in [3.8, 4) is 6.07 Å². The highest BCUT2D eigenvalue weighted by Gasteiger charge is 2.29. The number of carbonyl (C=O) groups excluding carboxylic acids is 1. The number of nitrogens with zero attached hydrogens (tertiary/aromatic N) is 2. The number of nitrogens with one attached hydrogen (secondary N) is 2. The molecule has 0 fully saturated rings. The molecule has 7 nitrogen and oxygen atoms in total. The van der Waals surface area contributed by atoms with Gasteiger partial charge in [0.25, 0.3) is 5.69 Å². The molecule has 1 rings (SSSR count). The topological polar surface area (TPSA) is 108 Å². The van der Waals surface area contributed by atoms with E-state index in [0.717, 1.165) is 0 Å². The molecule has 0 bridgehead atoms. The lowest BCUT2D eigenvalue weighted by atomic mass is 9.90. The Labute approximate surface area is 135 Å². The molecule has 0 radical (unpaired) electrons. The molecule has 0 aliphatic carbocycles. The Hall–Kier alpha value is -2.62. The fourth-order valence-electron chi connectivity index (χ4n) is 1.96. The Balaban J connectivity index is 2.76. The third-order valence-electron chi connectivity index (χ3n) is 3.90. The van der Waals surface area contributed by atoms with Crippen LogP contribution in [-0.4, -0.2) is 22.9 Å². The van der Waals surface area contributed by atoms with E-state index in [-0.39, 0.29) is 24.1 Å². The van der Waals surface area contributed by atoms with Crippen LogP contribution in [0.3, 0.4) is 0 Å². The standard InChI is InChI=1S/C16H22N4O3/c1-5-12-6-7-13(8-14(12)20(22)23)18-9-15(21)19-16(4,10-17)11(2)3/h6-8,11,18H,5,9H2,1-4H3,(H,19,21). The van der Waals surface area contributed by atoms with Crippen LogP contribution in [0, 0.1) is 27.4 Å². The van der Waals surface area contributed by atoms with Gasteiger partial charge >= 0.3 is 0 Å². The first kappa shape index (κ1) is 18.4. The van der Waals surface area contributed by atoms with Gasteiger partial charge in [0, 0.05) is 17.3 Å². The minimum atomic E-state index is -0.948. The van der Waals surface area contributed by atoms with Gasteiger partial charge in [-0.2, -0.15) is 5.26 Å². The summed E-state index contributed by atoms with van der Waals surface area (Å²) in [4.78, 5) is 22.6. The molecule has 0 aliphatic heterocycles. The molecule has 7 heteroatoms. The minimum Gasteiger partial charge on any atom is -0.376 e. The molecule has 1 aromatic rings. The summed E-state index contributed by atoms with van der Waals surface area (Å²) >= 11 is 0. The first-order chi connectivity index (χ1) is 10.7. The van der Waals surface area contributed by atoms with Crippen molar-refractivity contribution in [2.24, 2.45) is 5.92 Å². The van der Waals surface area contributed by atoms with E-state index in [4.69, 9.17) is 0 Å². The zero-order valence-electron chi connectivity index (χ0n) is 13.8. The summed E-state index contributed by atoms with van der Waals surface area (Å²) in [5.74, 6) is -0.383. The smallest absolute Gasteiger partial charge is 0.274 e. The maximum Gasteiger partial charge on any atom is 0.274 e. The third-order valence-corrected chi connectivity index (χ3v) is 3.90. The molecule has 0 spiro atoms. The number of aryl methyl sites for hydroxylation is 1. The van der Waals surface area contributed by atoms with Crippen molar-refractivity contribution >= 4 is 17.3 Å². The zero-order valence-corrected chi connectivity index (χ0v) is 13.8. The predicted molar refractivity (Wildman–Crippen MR) is 88.0 cm³/mol. The molecule has 0 saturated heterocycles. The molecule has 1 atom stereocenters. The van der Waals surface area contributed by atoms with Crippen molar-refractivity contribution in [1.29, 1.82) is 5.26 Å². The summed E-state index contributed by atoms with van der Waals surface area (Å²) in [5, 5.41) is 25.7. The second-order valence-corrected chi connectivity index (χ2v) is 5.82. The first-order valence-corrected chi connectivity index (χ1v) is 7.47. The van der Waals surface area contributed by atoms with Crippen LogP contribution >= 0.6 is 0 Å². The van der Waals surface area contributed by atoms with Gasteiger partial charge in [-0.1, -0.05) is 26.8 Å². The Morgan fingerprint density at radius 3 is 2.61 bits per heavy atom. The number of hydrogen-bond donors (Lipinski definition) is 2. The molecule has 1 unspecified atom stereocenters. The summed E-state index contributed by atoms with van der Waals surface area (Å²) in [6, 6.07) is 6.88. The van der Waals surface area contributed by atoms with Gasteiger partial charge in [0.15, 0.2) is 0 Å². The average Bonchev–Trinajstić information content (AvgIpc) is 2.52. The van der Waals surface area contributed by atoms with Gasteiger partial charge < -0.3 is 10.6 Å². The van der Waals surface area contributed by atoms with Crippen LogP contribution in [0.25, 0.3) is 0 Å². The second-order valence-electron chi connectivity index (χ2n) is 5.82. The Bertz CT molecular complexity index is 637. The van der Waals surface area contributed by atoms with Crippen LogP contribution in [0.15, 0.2) is 18.2 Å². The lowest BCUT2D eigenvalue weighted by molar-refractivity contribution is -0.385. The number of amides is 1. The highest BCUT2D eigenvalue weighted by atomic mass is 16.6. The Morgan fingerprint density at radius 1 is 1.48 bits per heavy atom. The third kappa shape index (κ3) is 4.68. The van der Waals surface area contributed by atoms with Crippen LogP contribution in [0.4, 0.5) is 11.4 Å². The van der Waals surface area contributed by atoms with Gasteiger partial charge in [-0.25, -0.2) is 0 Å². The SMILES string of the molecule is CCc1ccc(NCC(=O)NC(C)(C#N)C(C)C)cc1[N+](=O)[O-]. The van der Waals surface area contributed by atoms with Crippen molar-refractivity contribution in [3.63, 3.8) is 0 Å². The molecular formula is C16H22N4O3. The lowest BCUT2D eigenvalue weighted by Gasteiger charge is -2.27. The maximum absolute atomic E-state index is 12.0. The van der Waals surface area contributed by atoms with E-state index >= 15 is 0 Å². The van der Waals surface area contributed by atoms with E-state index in [2.05, 4.69) is 16.7 Å². The molecule has 0 saturated carbocycles. The number of nitro benzene ring substituents is 1. The van der Waals surface area contributed by atoms with Crippen molar-refractivity contribution in [2.45, 2.75) is 39.7 Å².